The molecule has 0 unspecified atom stereocenters. The number of esters is 1. The van der Waals surface area contributed by atoms with E-state index in [2.05, 4.69) is 43.8 Å². The fourth-order valence-corrected chi connectivity index (χ4v) is 1.21. The van der Waals surface area contributed by atoms with Gasteiger partial charge in [0.25, 0.3) is 0 Å². The molecule has 0 fully saturated rings. The maximum Gasteiger partial charge on any atom is 0.382 e. The van der Waals surface area contributed by atoms with Gasteiger partial charge in [-0.05, 0) is 34.6 Å². The number of hydrogen-bond donors (Lipinski definition) is 1. The molecule has 0 aliphatic carbocycles. The number of carboxylic acids is 1. The Balaban J connectivity index is 4.29. The zero-order valence-corrected chi connectivity index (χ0v) is 18.5. The number of carboxylic acid groups (broad SMARTS) is 1. The molecular weight excluding hydrogens is 460 g/mol. The monoisotopic (exact) mass is 484 g/mol. The quantitative estimate of drug-likeness (QED) is 0.187. The van der Waals surface area contributed by atoms with Gasteiger partial charge in [0.15, 0.2) is 12.2 Å². The van der Waals surface area contributed by atoms with E-state index in [4.69, 9.17) is 5.11 Å². The molecule has 0 aliphatic rings. The lowest BCUT2D eigenvalue weighted by Crippen LogP contribution is -2.33. The normalized spacial score (nSPS) is 15.1. The fraction of sp³-hybridized carbons (Fsp3) is 0.647. The lowest BCUT2D eigenvalue weighted by molar-refractivity contribution is -0.345. The molecule has 1 N–H and O–H groups in total. The second-order valence-electron chi connectivity index (χ2n) is 6.15. The number of hydrogen-bond acceptors (Lipinski definition) is 15. The molecule has 0 amide bonds. The first kappa shape index (κ1) is 29.7. The highest BCUT2D eigenvalue weighted by Crippen LogP contribution is 2.05. The first-order valence-corrected chi connectivity index (χ1v) is 9.14. The minimum absolute atomic E-state index is 0.738. The van der Waals surface area contributed by atoms with E-state index in [-0.39, 0.29) is 0 Å². The predicted octanol–water partition coefficient (Wildman–Crippen LogP) is -0.524. The zero-order chi connectivity index (χ0) is 25.7. The highest BCUT2D eigenvalue weighted by molar-refractivity contribution is 5.78. The van der Waals surface area contributed by atoms with E-state index in [9.17, 15) is 28.8 Å². The van der Waals surface area contributed by atoms with Crippen LogP contribution in [0.4, 0.5) is 0 Å². The van der Waals surface area contributed by atoms with Crippen LogP contribution in [-0.4, -0.2) is 71.4 Å². The van der Waals surface area contributed by atoms with E-state index in [1.807, 2.05) is 0 Å². The molecule has 33 heavy (non-hydrogen) atoms. The van der Waals surface area contributed by atoms with Crippen molar-refractivity contribution in [2.75, 3.05) is 0 Å². The van der Waals surface area contributed by atoms with E-state index in [1.54, 1.807) is 0 Å². The van der Waals surface area contributed by atoms with Gasteiger partial charge in [0.05, 0.1) is 0 Å². The van der Waals surface area contributed by atoms with Gasteiger partial charge in [0.2, 0.25) is 18.3 Å². The van der Waals surface area contributed by atoms with Crippen LogP contribution in [0.15, 0.2) is 0 Å². The summed E-state index contributed by atoms with van der Waals surface area (Å²) in [6, 6.07) is 0. The Morgan fingerprint density at radius 3 is 1.06 bits per heavy atom. The molecule has 16 heteroatoms. The van der Waals surface area contributed by atoms with Gasteiger partial charge >= 0.3 is 35.8 Å². The highest BCUT2D eigenvalue weighted by atomic mass is 17.3. The van der Waals surface area contributed by atoms with Crippen molar-refractivity contribution in [2.24, 2.45) is 0 Å². The summed E-state index contributed by atoms with van der Waals surface area (Å²) in [5.74, 6) is -6.90. The third kappa shape index (κ3) is 12.3. The van der Waals surface area contributed by atoms with Gasteiger partial charge in [0, 0.05) is 6.92 Å². The van der Waals surface area contributed by atoms with Gasteiger partial charge in [-0.1, -0.05) is 0 Å². The van der Waals surface area contributed by atoms with Crippen molar-refractivity contribution in [3.05, 3.63) is 0 Å². The molecule has 0 heterocycles. The number of rotatable bonds is 14. The molecule has 0 aromatic rings. The molecule has 0 aromatic carbocycles. The van der Waals surface area contributed by atoms with Gasteiger partial charge in [-0.3, -0.25) is 24.3 Å². The van der Waals surface area contributed by atoms with Crippen LogP contribution in [0.25, 0.3) is 0 Å². The third-order valence-corrected chi connectivity index (χ3v) is 3.12. The second kappa shape index (κ2) is 14.7. The van der Waals surface area contributed by atoms with E-state index in [0.717, 1.165) is 34.6 Å². The van der Waals surface area contributed by atoms with Crippen LogP contribution in [-0.2, 0) is 72.6 Å². The standard InChI is InChI=1S/C17H24O16/c1-7(13(19)20)26-31-15(22)9(3)28-33-17(24)11(5)29-32-16(23)10(4)27-30-14(21)8(2)25-12(6)18/h7-11H,1-6H3,(H,19,20)/t7-,8-,9-,10-,11-/m0/s1. The van der Waals surface area contributed by atoms with Crippen LogP contribution in [0.3, 0.4) is 0 Å². The summed E-state index contributed by atoms with van der Waals surface area (Å²) in [7, 11) is 0. The molecule has 5 atom stereocenters. The fourth-order valence-electron chi connectivity index (χ4n) is 1.21. The molecular formula is C17H24O16. The minimum Gasteiger partial charge on any atom is -0.479 e. The van der Waals surface area contributed by atoms with Crippen LogP contribution in [0, 0.1) is 0 Å². The number of ether oxygens (including phenoxy) is 1. The Labute approximate surface area is 186 Å². The molecule has 0 aromatic heterocycles. The topological polar surface area (TPSA) is 206 Å². The second-order valence-corrected chi connectivity index (χ2v) is 6.15. The molecule has 0 bridgehead atoms. The van der Waals surface area contributed by atoms with E-state index in [1.165, 1.54) is 6.92 Å². The average Bonchev–Trinajstić information content (AvgIpc) is 2.75. The summed E-state index contributed by atoms with van der Waals surface area (Å²) < 4.78 is 4.54. The van der Waals surface area contributed by atoms with E-state index >= 15 is 0 Å². The van der Waals surface area contributed by atoms with Gasteiger partial charge in [-0.2, -0.15) is 19.6 Å². The van der Waals surface area contributed by atoms with Gasteiger partial charge in [0.1, 0.15) is 0 Å². The molecule has 0 aliphatic heterocycles. The van der Waals surface area contributed by atoms with Crippen molar-refractivity contribution in [2.45, 2.75) is 72.1 Å². The Hall–Kier alpha value is -3.34. The SMILES string of the molecule is CC(=O)O[C@@H](C)C(=O)OO[C@@H](C)C(=O)OO[C@@H](C)C(=O)OO[C@@H](C)C(=O)OO[C@@H](C)C(=O)O. The number of carbonyl (C=O) groups excluding carboxylic acids is 5. The van der Waals surface area contributed by atoms with Crippen molar-refractivity contribution in [3.63, 3.8) is 0 Å². The average molecular weight is 484 g/mol. The lowest BCUT2D eigenvalue weighted by atomic mass is 10.4. The van der Waals surface area contributed by atoms with Crippen molar-refractivity contribution < 1.29 is 77.7 Å². The molecule has 0 spiro atoms. The molecule has 0 rings (SSSR count). The molecule has 188 valence electrons. The van der Waals surface area contributed by atoms with Crippen LogP contribution in [0.1, 0.15) is 41.5 Å². The Morgan fingerprint density at radius 2 is 0.788 bits per heavy atom. The summed E-state index contributed by atoms with van der Waals surface area (Å²) in [5.41, 5.74) is 0. The maximum absolute atomic E-state index is 11.7. The molecule has 0 saturated carbocycles. The number of aliphatic carboxylic acids is 1. The van der Waals surface area contributed by atoms with Gasteiger partial charge in [-0.25, -0.2) is 24.0 Å². The summed E-state index contributed by atoms with van der Waals surface area (Å²) in [6.07, 6.45) is -7.29. The largest absolute Gasteiger partial charge is 0.479 e. The smallest absolute Gasteiger partial charge is 0.382 e. The van der Waals surface area contributed by atoms with Crippen molar-refractivity contribution in [3.8, 4) is 0 Å². The summed E-state index contributed by atoms with van der Waals surface area (Å²) in [4.78, 5) is 103. The van der Waals surface area contributed by atoms with Gasteiger partial charge in [-0.15, -0.1) is 0 Å². The molecule has 0 saturated heterocycles. The van der Waals surface area contributed by atoms with Crippen molar-refractivity contribution in [1.29, 1.82) is 0 Å². The lowest BCUT2D eigenvalue weighted by Gasteiger charge is -2.15. The zero-order valence-electron chi connectivity index (χ0n) is 18.5. The third-order valence-electron chi connectivity index (χ3n) is 3.12. The van der Waals surface area contributed by atoms with Crippen LogP contribution in [0.5, 0.6) is 0 Å². The first-order chi connectivity index (χ1) is 15.3. The van der Waals surface area contributed by atoms with E-state index in [0.29, 0.717) is 0 Å². The molecule has 16 nitrogen and oxygen atoms in total. The van der Waals surface area contributed by atoms with Crippen LogP contribution < -0.4 is 0 Å². The highest BCUT2D eigenvalue weighted by Gasteiger charge is 2.28. The molecule has 0 radical (unpaired) electrons. The predicted molar refractivity (Wildman–Crippen MR) is 95.4 cm³/mol. The van der Waals surface area contributed by atoms with Crippen molar-refractivity contribution >= 4 is 35.8 Å². The van der Waals surface area contributed by atoms with Crippen molar-refractivity contribution in [1.82, 2.24) is 0 Å². The van der Waals surface area contributed by atoms with E-state index < -0.39 is 66.3 Å². The summed E-state index contributed by atoms with van der Waals surface area (Å²) in [6.45, 7) is 6.68. The minimum atomic E-state index is -1.54. The maximum atomic E-state index is 11.7. The Kier molecular flexibility index (Phi) is 13.2. The first-order valence-electron chi connectivity index (χ1n) is 9.14. The number of carbonyl (C=O) groups is 6. The van der Waals surface area contributed by atoms with Gasteiger partial charge < -0.3 is 9.84 Å². The van der Waals surface area contributed by atoms with Crippen LogP contribution >= 0.6 is 0 Å². The van der Waals surface area contributed by atoms with Crippen LogP contribution in [0.2, 0.25) is 0 Å². The summed E-state index contributed by atoms with van der Waals surface area (Å²) in [5, 5.41) is 8.59. The summed E-state index contributed by atoms with van der Waals surface area (Å²) >= 11 is 0. The Morgan fingerprint density at radius 1 is 0.515 bits per heavy atom. The Bertz CT molecular complexity index is 718.